The van der Waals surface area contributed by atoms with Crippen LogP contribution in [0.25, 0.3) is 16.7 Å². The molecule has 3 aromatic rings. The van der Waals surface area contributed by atoms with E-state index < -0.39 is 0 Å². The lowest BCUT2D eigenvalue weighted by Gasteiger charge is -2.12. The maximum atomic E-state index is 13.3. The SMILES string of the molecule is CCCCN1C(=O)C(=c2s/c(=C/C=C3\Sc4c([n+](C)cn4-c4ccccc4)N3CC)c(=O)n2CC)SC1=S. The third-order valence-corrected chi connectivity index (χ3v) is 10.3. The van der Waals surface area contributed by atoms with Crippen LogP contribution in [0.5, 0.6) is 0 Å². The van der Waals surface area contributed by atoms with Gasteiger partial charge >= 0.3 is 0 Å². The van der Waals surface area contributed by atoms with Crippen LogP contribution < -0.4 is 24.2 Å². The zero-order valence-electron chi connectivity index (χ0n) is 21.8. The van der Waals surface area contributed by atoms with Crippen LogP contribution >= 0.6 is 47.1 Å². The van der Waals surface area contributed by atoms with Gasteiger partial charge in [0, 0.05) is 13.1 Å². The summed E-state index contributed by atoms with van der Waals surface area (Å²) in [5.74, 6) is 1.04. The number of thiazole rings is 1. The molecule has 2 aliphatic heterocycles. The monoisotopic (exact) mass is 584 g/mol. The summed E-state index contributed by atoms with van der Waals surface area (Å²) in [6.07, 6.45) is 7.90. The fourth-order valence-corrected chi connectivity index (χ4v) is 8.40. The second-order valence-electron chi connectivity index (χ2n) is 8.91. The minimum Gasteiger partial charge on any atom is -0.298 e. The van der Waals surface area contributed by atoms with Crippen molar-refractivity contribution in [2.24, 2.45) is 7.05 Å². The summed E-state index contributed by atoms with van der Waals surface area (Å²) < 4.78 is 7.90. The Morgan fingerprint density at radius 3 is 2.45 bits per heavy atom. The molecule has 1 aromatic carbocycles. The molecule has 5 rings (SSSR count). The number of unbranched alkanes of at least 4 members (excludes halogenated alkanes) is 1. The maximum absolute atomic E-state index is 13.3. The molecule has 7 nitrogen and oxygen atoms in total. The number of thioether (sulfide) groups is 2. The largest absolute Gasteiger partial charge is 0.298 e. The molecule has 2 aromatic heterocycles. The number of benzene rings is 1. The van der Waals surface area contributed by atoms with Crippen LogP contribution in [0.1, 0.15) is 33.6 Å². The van der Waals surface area contributed by atoms with Crippen LogP contribution in [0, 0.1) is 0 Å². The smallest absolute Gasteiger partial charge is 0.276 e. The number of para-hydroxylation sites is 1. The Labute approximate surface area is 239 Å². The van der Waals surface area contributed by atoms with Crippen molar-refractivity contribution < 1.29 is 9.36 Å². The highest BCUT2D eigenvalue weighted by atomic mass is 32.2. The number of aromatic nitrogens is 3. The molecule has 0 saturated carbocycles. The standard InChI is InChI=1S/C27H30N5O2S4/c1-5-8-16-31-24(34)21(38-27(31)35)25-30(7-3)23(33)19(36-25)14-15-20-29(6-2)22-26(37-20)32(17-28(22)4)18-12-10-9-11-13-18/h9-15,17H,5-8,16H2,1-4H3/q+1/b19-14+,20-15-,25-21?. The zero-order valence-corrected chi connectivity index (χ0v) is 25.1. The summed E-state index contributed by atoms with van der Waals surface area (Å²) >= 11 is 9.86. The van der Waals surface area contributed by atoms with Crippen molar-refractivity contribution in [3.05, 3.63) is 67.3 Å². The van der Waals surface area contributed by atoms with Gasteiger partial charge in [0.1, 0.15) is 24.6 Å². The van der Waals surface area contributed by atoms with Gasteiger partial charge in [-0.05, 0) is 56.3 Å². The average Bonchev–Trinajstić information content (AvgIpc) is 3.62. The van der Waals surface area contributed by atoms with Gasteiger partial charge in [0.2, 0.25) is 5.03 Å². The van der Waals surface area contributed by atoms with Gasteiger partial charge in [0.25, 0.3) is 17.3 Å². The van der Waals surface area contributed by atoms with E-state index >= 15 is 0 Å². The number of hydrogen-bond acceptors (Lipinski definition) is 7. The first-order chi connectivity index (χ1) is 18.4. The summed E-state index contributed by atoms with van der Waals surface area (Å²) in [6, 6.07) is 10.3. The van der Waals surface area contributed by atoms with Crippen molar-refractivity contribution in [2.75, 3.05) is 18.0 Å². The molecule has 0 bridgehead atoms. The van der Waals surface area contributed by atoms with E-state index in [-0.39, 0.29) is 11.5 Å². The van der Waals surface area contributed by atoms with Gasteiger partial charge in [-0.3, -0.25) is 24.0 Å². The lowest BCUT2D eigenvalue weighted by molar-refractivity contribution is -0.658. The van der Waals surface area contributed by atoms with Gasteiger partial charge in [-0.2, -0.15) is 0 Å². The molecule has 11 heteroatoms. The van der Waals surface area contributed by atoms with Crippen molar-refractivity contribution in [3.8, 4) is 5.69 Å². The fraction of sp³-hybridized carbons (Fsp3) is 0.333. The minimum atomic E-state index is -0.0915. The number of carbonyl (C=O) groups excluding carboxylic acids is 1. The molecule has 38 heavy (non-hydrogen) atoms. The second kappa shape index (κ2) is 11.3. The molecule has 1 amide bonds. The summed E-state index contributed by atoms with van der Waals surface area (Å²) in [6.45, 7) is 8.06. The van der Waals surface area contributed by atoms with Gasteiger partial charge in [-0.25, -0.2) is 9.13 Å². The Bertz CT molecular complexity index is 1620. The Hall–Kier alpha value is -2.60. The summed E-state index contributed by atoms with van der Waals surface area (Å²) in [7, 11) is 2.06. The Morgan fingerprint density at radius 1 is 1.00 bits per heavy atom. The number of allylic oxidation sites excluding steroid dienone is 1. The highest BCUT2D eigenvalue weighted by molar-refractivity contribution is 8.30. The van der Waals surface area contributed by atoms with Crippen molar-refractivity contribution >= 4 is 74.1 Å². The van der Waals surface area contributed by atoms with Crippen LogP contribution in [0.3, 0.4) is 0 Å². The predicted molar refractivity (Wildman–Crippen MR) is 162 cm³/mol. The number of nitrogens with zero attached hydrogens (tertiary/aromatic N) is 5. The summed E-state index contributed by atoms with van der Waals surface area (Å²) in [5.41, 5.74) is 1.03. The summed E-state index contributed by atoms with van der Waals surface area (Å²) in [5, 5.41) is 2.20. The molecule has 0 atom stereocenters. The normalized spacial score (nSPS) is 18.4. The van der Waals surface area contributed by atoms with Gasteiger partial charge in [-0.1, -0.05) is 55.5 Å². The number of fused-ring (bicyclic) bond motifs is 1. The van der Waals surface area contributed by atoms with Crippen LogP contribution in [-0.4, -0.2) is 37.4 Å². The molecule has 1 saturated heterocycles. The lowest BCUT2D eigenvalue weighted by Crippen LogP contribution is -2.34. The molecule has 198 valence electrons. The van der Waals surface area contributed by atoms with Gasteiger partial charge < -0.3 is 0 Å². The number of imidazole rings is 1. The van der Waals surface area contributed by atoms with E-state index in [2.05, 4.69) is 53.4 Å². The molecule has 0 unspecified atom stereocenters. The van der Waals surface area contributed by atoms with E-state index in [4.69, 9.17) is 12.2 Å². The Kier molecular flexibility index (Phi) is 7.99. The van der Waals surface area contributed by atoms with Crippen molar-refractivity contribution in [1.82, 2.24) is 14.0 Å². The van der Waals surface area contributed by atoms with E-state index in [1.165, 1.54) is 23.1 Å². The van der Waals surface area contributed by atoms with Gasteiger partial charge in [-0.15, -0.1) is 11.3 Å². The number of anilines is 1. The molecule has 0 spiro atoms. The quantitative estimate of drug-likeness (QED) is 0.313. The van der Waals surface area contributed by atoms with Crippen LogP contribution in [0.2, 0.25) is 0 Å². The molecule has 2 aliphatic rings. The Morgan fingerprint density at radius 2 is 1.76 bits per heavy atom. The number of aryl methyl sites for hydroxylation is 1. The molecule has 0 N–H and O–H groups in total. The molecule has 1 fully saturated rings. The minimum absolute atomic E-state index is 0.0777. The molecule has 0 radical (unpaired) electrons. The molecular weight excluding hydrogens is 555 g/mol. The zero-order chi connectivity index (χ0) is 27.0. The van der Waals surface area contributed by atoms with Crippen molar-refractivity contribution in [3.63, 3.8) is 0 Å². The Balaban J connectivity index is 1.55. The number of amides is 1. The highest BCUT2D eigenvalue weighted by Crippen LogP contribution is 2.45. The maximum Gasteiger partial charge on any atom is 0.276 e. The molecule has 4 heterocycles. The summed E-state index contributed by atoms with van der Waals surface area (Å²) in [4.78, 5) is 31.0. The van der Waals surface area contributed by atoms with E-state index in [1.807, 2.05) is 37.3 Å². The first-order valence-electron chi connectivity index (χ1n) is 12.7. The average molecular weight is 585 g/mol. The fourth-order valence-electron chi connectivity index (χ4n) is 4.57. The highest BCUT2D eigenvalue weighted by Gasteiger charge is 2.38. The van der Waals surface area contributed by atoms with E-state index in [9.17, 15) is 9.59 Å². The molecular formula is C27H30N5O2S4+. The van der Waals surface area contributed by atoms with Crippen molar-refractivity contribution in [2.45, 2.75) is 45.2 Å². The van der Waals surface area contributed by atoms with Crippen molar-refractivity contribution in [1.29, 1.82) is 0 Å². The van der Waals surface area contributed by atoms with E-state index in [0.717, 1.165) is 40.9 Å². The number of hydrogen-bond donors (Lipinski definition) is 0. The number of rotatable bonds is 7. The second-order valence-corrected chi connectivity index (χ2v) is 12.6. The third kappa shape index (κ3) is 4.70. The van der Waals surface area contributed by atoms with Crippen LogP contribution in [0.15, 0.2) is 57.6 Å². The molecule has 0 aliphatic carbocycles. The van der Waals surface area contributed by atoms with Gasteiger partial charge in [0.05, 0.1) is 18.1 Å². The third-order valence-electron chi connectivity index (χ3n) is 6.49. The van der Waals surface area contributed by atoms with E-state index in [0.29, 0.717) is 31.5 Å². The predicted octanol–water partition coefficient (Wildman–Crippen LogP) is 3.57. The first kappa shape index (κ1) is 27.0. The topological polar surface area (TPSA) is 54.4 Å². The first-order valence-corrected chi connectivity index (χ1v) is 15.6. The number of carbonyl (C=O) groups is 1. The number of thiocarbonyl (C=S) groups is 1. The van der Waals surface area contributed by atoms with Crippen LogP contribution in [-0.2, 0) is 18.4 Å². The van der Waals surface area contributed by atoms with E-state index in [1.54, 1.807) is 21.2 Å². The van der Waals surface area contributed by atoms with Crippen LogP contribution in [0.4, 0.5) is 5.82 Å². The lowest BCUT2D eigenvalue weighted by atomic mass is 10.3. The van der Waals surface area contributed by atoms with Gasteiger partial charge in [0.15, 0.2) is 6.33 Å².